The number of carbonyl (C=O) groups is 2. The molecule has 0 radical (unpaired) electrons. The molecule has 0 unspecified atom stereocenters. The number of carbonyl (C=O) groups excluding carboxylic acids is 2. The van der Waals surface area contributed by atoms with Crippen LogP contribution in [-0.4, -0.2) is 39.5 Å². The van der Waals surface area contributed by atoms with Crippen LogP contribution in [-0.2, 0) is 4.79 Å². The van der Waals surface area contributed by atoms with E-state index in [0.29, 0.717) is 29.6 Å². The van der Waals surface area contributed by atoms with Crippen molar-refractivity contribution in [1.29, 1.82) is 0 Å². The smallest absolute Gasteiger partial charge is 0.264 e. The van der Waals surface area contributed by atoms with Crippen LogP contribution in [0, 0.1) is 0 Å². The molecule has 1 saturated heterocycles. The van der Waals surface area contributed by atoms with Gasteiger partial charge >= 0.3 is 0 Å². The molecule has 2 aromatic heterocycles. The molecule has 0 aromatic carbocycles. The van der Waals surface area contributed by atoms with Gasteiger partial charge < -0.3 is 10.2 Å². The van der Waals surface area contributed by atoms with E-state index in [2.05, 4.69) is 15.5 Å². The predicted octanol–water partition coefficient (Wildman–Crippen LogP) is 2.66. The van der Waals surface area contributed by atoms with Gasteiger partial charge in [-0.05, 0) is 49.3 Å². The maximum absolute atomic E-state index is 12.6. The minimum absolute atomic E-state index is 0.0715. The molecule has 2 aliphatic rings. The van der Waals surface area contributed by atoms with Crippen molar-refractivity contribution in [3.8, 4) is 0 Å². The molecule has 1 aliphatic heterocycles. The summed E-state index contributed by atoms with van der Waals surface area (Å²) >= 11 is 1.40. The van der Waals surface area contributed by atoms with E-state index in [1.54, 1.807) is 17.0 Å². The lowest BCUT2D eigenvalue weighted by Crippen LogP contribution is -2.43. The number of hydrogen-bond donors (Lipinski definition) is 1. The van der Waals surface area contributed by atoms with Crippen molar-refractivity contribution in [2.24, 2.45) is 0 Å². The fraction of sp³-hybridized carbons (Fsp3) is 0.412. The maximum atomic E-state index is 12.6. The largest absolute Gasteiger partial charge is 0.326 e. The van der Waals surface area contributed by atoms with E-state index in [-0.39, 0.29) is 11.8 Å². The Bertz CT molecular complexity index is 740. The molecule has 7 heteroatoms. The second kappa shape index (κ2) is 6.32. The van der Waals surface area contributed by atoms with Gasteiger partial charge in [0.05, 0.1) is 10.6 Å². The number of thiophene rings is 1. The van der Waals surface area contributed by atoms with Gasteiger partial charge in [0.1, 0.15) is 6.04 Å². The average molecular weight is 342 g/mol. The van der Waals surface area contributed by atoms with Gasteiger partial charge in [0, 0.05) is 12.5 Å². The van der Waals surface area contributed by atoms with E-state index in [4.69, 9.17) is 0 Å². The van der Waals surface area contributed by atoms with E-state index in [0.717, 1.165) is 12.1 Å². The first-order valence-electron chi connectivity index (χ1n) is 8.21. The summed E-state index contributed by atoms with van der Waals surface area (Å²) in [5.41, 5.74) is 0.989. The monoisotopic (exact) mass is 342 g/mol. The predicted molar refractivity (Wildman–Crippen MR) is 91.0 cm³/mol. The highest BCUT2D eigenvalue weighted by atomic mass is 32.1. The van der Waals surface area contributed by atoms with Crippen molar-refractivity contribution in [3.63, 3.8) is 0 Å². The van der Waals surface area contributed by atoms with Crippen LogP contribution in [0.1, 0.15) is 47.0 Å². The van der Waals surface area contributed by atoms with E-state index in [9.17, 15) is 9.59 Å². The highest BCUT2D eigenvalue weighted by Crippen LogP contribution is 2.38. The number of anilines is 1. The third-order valence-electron chi connectivity index (χ3n) is 4.48. The molecule has 0 bridgehead atoms. The van der Waals surface area contributed by atoms with Crippen LogP contribution in [0.2, 0.25) is 0 Å². The summed E-state index contributed by atoms with van der Waals surface area (Å²) in [7, 11) is 0. The molecule has 1 atom stereocenters. The molecule has 124 valence electrons. The number of nitrogens with one attached hydrogen (secondary N) is 1. The molecule has 1 N–H and O–H groups in total. The molecule has 0 spiro atoms. The Balaban J connectivity index is 1.43. The minimum atomic E-state index is -0.440. The number of likely N-dealkylation sites (tertiary alicyclic amines) is 1. The lowest BCUT2D eigenvalue weighted by atomic mass is 10.2. The topological polar surface area (TPSA) is 75.2 Å². The zero-order valence-electron chi connectivity index (χ0n) is 13.1. The first kappa shape index (κ1) is 15.3. The zero-order valence-corrected chi connectivity index (χ0v) is 14.0. The molecule has 24 heavy (non-hydrogen) atoms. The average Bonchev–Trinajstić information content (AvgIpc) is 3.11. The zero-order chi connectivity index (χ0) is 16.5. The molecule has 1 saturated carbocycles. The van der Waals surface area contributed by atoms with Gasteiger partial charge in [0.2, 0.25) is 5.91 Å². The van der Waals surface area contributed by atoms with E-state index in [1.807, 2.05) is 17.5 Å². The molecule has 6 nitrogen and oxygen atoms in total. The van der Waals surface area contributed by atoms with Crippen LogP contribution in [0.15, 0.2) is 29.6 Å². The number of rotatable bonds is 4. The van der Waals surface area contributed by atoms with Gasteiger partial charge in [-0.3, -0.25) is 9.59 Å². The molecule has 2 aromatic rings. The van der Waals surface area contributed by atoms with Gasteiger partial charge in [-0.1, -0.05) is 6.07 Å². The Kier molecular flexibility index (Phi) is 4.02. The van der Waals surface area contributed by atoms with Gasteiger partial charge in [-0.15, -0.1) is 16.4 Å². The fourth-order valence-corrected chi connectivity index (χ4v) is 3.72. The Labute approximate surface area is 143 Å². The number of amides is 2. The number of nitrogens with zero attached hydrogens (tertiary/aromatic N) is 3. The molecule has 1 aliphatic carbocycles. The molecule has 3 heterocycles. The van der Waals surface area contributed by atoms with Crippen molar-refractivity contribution in [2.45, 2.75) is 37.6 Å². The van der Waals surface area contributed by atoms with E-state index < -0.39 is 6.04 Å². The Morgan fingerprint density at radius 1 is 1.17 bits per heavy atom. The van der Waals surface area contributed by atoms with Crippen molar-refractivity contribution in [3.05, 3.63) is 40.2 Å². The normalized spacial score (nSPS) is 20.2. The van der Waals surface area contributed by atoms with E-state index >= 15 is 0 Å². The SMILES string of the molecule is O=C(Nc1ccc(C2CC2)nn1)[C@@H]1CCCN1C(=O)c1cccs1. The van der Waals surface area contributed by atoms with Gasteiger partial charge in [0.15, 0.2) is 5.82 Å². The summed E-state index contributed by atoms with van der Waals surface area (Å²) in [5, 5.41) is 12.9. The standard InChI is InChI=1S/C17H18N4O2S/c22-16(18-15-8-7-12(19-20-15)11-5-6-11)13-3-1-9-21(13)17(23)14-4-2-10-24-14/h2,4,7-8,10-11,13H,1,3,5-6,9H2,(H,18,20,22)/t13-/m0/s1. The van der Waals surface area contributed by atoms with Crippen LogP contribution in [0.5, 0.6) is 0 Å². The van der Waals surface area contributed by atoms with Crippen LogP contribution < -0.4 is 5.32 Å². The number of hydrogen-bond acceptors (Lipinski definition) is 5. The summed E-state index contributed by atoms with van der Waals surface area (Å²) in [6, 6.07) is 6.91. The minimum Gasteiger partial charge on any atom is -0.326 e. The van der Waals surface area contributed by atoms with Crippen LogP contribution in [0.4, 0.5) is 5.82 Å². The van der Waals surface area contributed by atoms with Crippen LogP contribution in [0.25, 0.3) is 0 Å². The van der Waals surface area contributed by atoms with Crippen molar-refractivity contribution >= 4 is 29.0 Å². The fourth-order valence-electron chi connectivity index (χ4n) is 3.04. The van der Waals surface area contributed by atoms with Crippen LogP contribution in [0.3, 0.4) is 0 Å². The summed E-state index contributed by atoms with van der Waals surface area (Å²) in [6.07, 6.45) is 3.85. The summed E-state index contributed by atoms with van der Waals surface area (Å²) in [5.74, 6) is 0.722. The van der Waals surface area contributed by atoms with Gasteiger partial charge in [-0.25, -0.2) is 0 Å². The van der Waals surface area contributed by atoms with Crippen molar-refractivity contribution in [2.75, 3.05) is 11.9 Å². The summed E-state index contributed by atoms with van der Waals surface area (Å²) < 4.78 is 0. The second-order valence-corrected chi connectivity index (χ2v) is 7.19. The third-order valence-corrected chi connectivity index (χ3v) is 5.34. The number of aromatic nitrogens is 2. The van der Waals surface area contributed by atoms with Gasteiger partial charge in [0.25, 0.3) is 5.91 Å². The third kappa shape index (κ3) is 3.03. The first-order chi connectivity index (χ1) is 11.7. The molecule has 2 amide bonds. The molecule has 4 rings (SSSR count). The van der Waals surface area contributed by atoms with E-state index in [1.165, 1.54) is 24.2 Å². The second-order valence-electron chi connectivity index (χ2n) is 6.24. The Hall–Kier alpha value is -2.28. The van der Waals surface area contributed by atoms with Gasteiger partial charge in [-0.2, -0.15) is 5.10 Å². The quantitative estimate of drug-likeness (QED) is 0.927. The highest BCUT2D eigenvalue weighted by molar-refractivity contribution is 7.12. The summed E-state index contributed by atoms with van der Waals surface area (Å²) in [6.45, 7) is 0.612. The summed E-state index contributed by atoms with van der Waals surface area (Å²) in [4.78, 5) is 27.4. The Morgan fingerprint density at radius 3 is 2.71 bits per heavy atom. The van der Waals surface area contributed by atoms with Crippen molar-refractivity contribution in [1.82, 2.24) is 15.1 Å². The molecular formula is C17H18N4O2S. The lowest BCUT2D eigenvalue weighted by Gasteiger charge is -2.23. The van der Waals surface area contributed by atoms with Crippen LogP contribution >= 0.6 is 11.3 Å². The maximum Gasteiger partial charge on any atom is 0.264 e. The first-order valence-corrected chi connectivity index (χ1v) is 9.09. The Morgan fingerprint density at radius 2 is 2.04 bits per heavy atom. The molecular weight excluding hydrogens is 324 g/mol. The highest BCUT2D eigenvalue weighted by Gasteiger charge is 2.35. The van der Waals surface area contributed by atoms with Crippen molar-refractivity contribution < 1.29 is 9.59 Å². The lowest BCUT2D eigenvalue weighted by molar-refractivity contribution is -0.119. The molecule has 2 fully saturated rings.